The Hall–Kier alpha value is -0.690. The lowest BCUT2D eigenvalue weighted by atomic mass is 10.2. The molecule has 0 aliphatic carbocycles. The van der Waals surface area contributed by atoms with Crippen LogP contribution < -0.4 is 5.32 Å². The Morgan fingerprint density at radius 3 is 2.82 bits per heavy atom. The molecule has 0 aliphatic rings. The van der Waals surface area contributed by atoms with Crippen molar-refractivity contribution in [1.29, 1.82) is 0 Å². The fourth-order valence-corrected chi connectivity index (χ4v) is 2.44. The van der Waals surface area contributed by atoms with Crippen LogP contribution in [0.15, 0.2) is 17.5 Å². The summed E-state index contributed by atoms with van der Waals surface area (Å²) in [5.74, 6) is -0.602. The summed E-state index contributed by atoms with van der Waals surface area (Å²) >= 11 is 1.33. The molecular formula is C10H12F3NOS2. The average Bonchev–Trinajstić information content (AvgIpc) is 2.67. The van der Waals surface area contributed by atoms with Crippen LogP contribution in [-0.4, -0.2) is 17.2 Å². The largest absolute Gasteiger partial charge is 0.441 e. The Bertz CT molecular complexity index is 351. The lowest BCUT2D eigenvalue weighted by Crippen LogP contribution is -2.26. The van der Waals surface area contributed by atoms with E-state index in [-0.39, 0.29) is 35.9 Å². The van der Waals surface area contributed by atoms with Crippen LogP contribution in [0, 0.1) is 0 Å². The topological polar surface area (TPSA) is 29.1 Å². The number of carbonyl (C=O) groups is 1. The predicted octanol–water partition coefficient (Wildman–Crippen LogP) is 3.57. The number of thiophene rings is 1. The molecule has 0 saturated heterocycles. The molecule has 0 saturated carbocycles. The van der Waals surface area contributed by atoms with E-state index in [1.807, 2.05) is 17.5 Å². The third-order valence-electron chi connectivity index (χ3n) is 1.94. The maximum Gasteiger partial charge on any atom is 0.441 e. The first-order chi connectivity index (χ1) is 7.88. The molecule has 0 spiro atoms. The normalized spacial score (nSPS) is 13.4. The van der Waals surface area contributed by atoms with Gasteiger partial charge in [0.05, 0.1) is 6.04 Å². The molecule has 96 valence electrons. The van der Waals surface area contributed by atoms with Crippen molar-refractivity contribution in [3.63, 3.8) is 0 Å². The summed E-state index contributed by atoms with van der Waals surface area (Å²) < 4.78 is 35.5. The van der Waals surface area contributed by atoms with E-state index < -0.39 is 5.51 Å². The van der Waals surface area contributed by atoms with Crippen molar-refractivity contribution in [3.8, 4) is 0 Å². The molecule has 1 rings (SSSR count). The third kappa shape index (κ3) is 5.97. The summed E-state index contributed by atoms with van der Waals surface area (Å²) in [5, 5.41) is 4.55. The molecule has 1 unspecified atom stereocenters. The van der Waals surface area contributed by atoms with E-state index in [0.717, 1.165) is 4.88 Å². The molecule has 1 amide bonds. The third-order valence-corrected chi connectivity index (χ3v) is 3.73. The number of hydrogen-bond donors (Lipinski definition) is 1. The number of nitrogens with one attached hydrogen (secondary N) is 1. The molecule has 1 aromatic rings. The van der Waals surface area contributed by atoms with Crippen LogP contribution in [0.25, 0.3) is 0 Å². The minimum Gasteiger partial charge on any atom is -0.349 e. The Morgan fingerprint density at radius 2 is 2.29 bits per heavy atom. The highest BCUT2D eigenvalue weighted by molar-refractivity contribution is 8.00. The fraction of sp³-hybridized carbons (Fsp3) is 0.500. The smallest absolute Gasteiger partial charge is 0.349 e. The van der Waals surface area contributed by atoms with E-state index in [0.29, 0.717) is 0 Å². The van der Waals surface area contributed by atoms with Gasteiger partial charge >= 0.3 is 5.51 Å². The van der Waals surface area contributed by atoms with Gasteiger partial charge in [-0.3, -0.25) is 4.79 Å². The average molecular weight is 283 g/mol. The second kappa shape index (κ2) is 6.30. The van der Waals surface area contributed by atoms with Gasteiger partial charge in [-0.15, -0.1) is 11.3 Å². The summed E-state index contributed by atoms with van der Waals surface area (Å²) in [5.41, 5.74) is -4.26. The van der Waals surface area contributed by atoms with Gasteiger partial charge in [0.1, 0.15) is 0 Å². The maximum atomic E-state index is 11.8. The van der Waals surface area contributed by atoms with Crippen molar-refractivity contribution >= 4 is 29.0 Å². The van der Waals surface area contributed by atoms with E-state index >= 15 is 0 Å². The van der Waals surface area contributed by atoms with Gasteiger partial charge in [0.15, 0.2) is 0 Å². The number of thioether (sulfide) groups is 1. The Kier molecular flexibility index (Phi) is 5.32. The van der Waals surface area contributed by atoms with Crippen molar-refractivity contribution in [1.82, 2.24) is 5.32 Å². The first kappa shape index (κ1) is 14.4. The van der Waals surface area contributed by atoms with Crippen molar-refractivity contribution in [2.45, 2.75) is 24.9 Å². The molecule has 0 radical (unpaired) electrons. The molecule has 2 nitrogen and oxygen atoms in total. The first-order valence-electron chi connectivity index (χ1n) is 4.92. The Morgan fingerprint density at radius 1 is 1.59 bits per heavy atom. The molecule has 7 heteroatoms. The molecule has 0 bridgehead atoms. The van der Waals surface area contributed by atoms with Gasteiger partial charge in [0, 0.05) is 17.1 Å². The SMILES string of the molecule is CC(NC(=O)CCSC(F)(F)F)c1cccs1. The van der Waals surface area contributed by atoms with Crippen molar-refractivity contribution in [2.24, 2.45) is 0 Å². The Labute approximate surface area is 106 Å². The van der Waals surface area contributed by atoms with E-state index in [9.17, 15) is 18.0 Å². The monoisotopic (exact) mass is 283 g/mol. The van der Waals surface area contributed by atoms with Crippen LogP contribution in [0.2, 0.25) is 0 Å². The van der Waals surface area contributed by atoms with Gasteiger partial charge < -0.3 is 5.32 Å². The Balaban J connectivity index is 2.26. The molecule has 0 aliphatic heterocycles. The molecule has 1 aromatic heterocycles. The lowest BCUT2D eigenvalue weighted by molar-refractivity contribution is -0.121. The first-order valence-corrected chi connectivity index (χ1v) is 6.78. The van der Waals surface area contributed by atoms with Gasteiger partial charge in [-0.25, -0.2) is 0 Å². The van der Waals surface area contributed by atoms with Crippen LogP contribution in [0.5, 0.6) is 0 Å². The van der Waals surface area contributed by atoms with Gasteiger partial charge in [-0.1, -0.05) is 17.8 Å². The molecule has 0 fully saturated rings. The molecule has 1 heterocycles. The second-order valence-electron chi connectivity index (χ2n) is 3.35. The number of halogens is 3. The second-order valence-corrected chi connectivity index (χ2v) is 5.49. The minimum absolute atomic E-state index is 0.125. The van der Waals surface area contributed by atoms with Crippen molar-refractivity contribution < 1.29 is 18.0 Å². The van der Waals surface area contributed by atoms with Crippen molar-refractivity contribution in [2.75, 3.05) is 5.75 Å². The highest BCUT2D eigenvalue weighted by Crippen LogP contribution is 2.30. The summed E-state index contributed by atoms with van der Waals surface area (Å²) in [6.07, 6.45) is -0.125. The number of carbonyl (C=O) groups excluding carboxylic acids is 1. The maximum absolute atomic E-state index is 11.8. The number of hydrogen-bond acceptors (Lipinski definition) is 3. The number of amides is 1. The van der Waals surface area contributed by atoms with Crippen molar-refractivity contribution in [3.05, 3.63) is 22.4 Å². The van der Waals surface area contributed by atoms with E-state index in [1.165, 1.54) is 11.3 Å². The summed E-state index contributed by atoms with van der Waals surface area (Å²) in [7, 11) is 0. The van der Waals surface area contributed by atoms with E-state index in [1.54, 1.807) is 6.92 Å². The molecular weight excluding hydrogens is 271 g/mol. The number of rotatable bonds is 5. The summed E-state index contributed by atoms with van der Waals surface area (Å²) in [6.45, 7) is 1.81. The van der Waals surface area contributed by atoms with Gasteiger partial charge in [0.25, 0.3) is 0 Å². The van der Waals surface area contributed by atoms with Gasteiger partial charge in [-0.05, 0) is 18.4 Å². The highest BCUT2D eigenvalue weighted by atomic mass is 32.2. The number of alkyl halides is 3. The zero-order valence-corrected chi connectivity index (χ0v) is 10.7. The molecule has 1 atom stereocenters. The molecule has 1 N–H and O–H groups in total. The quantitative estimate of drug-likeness (QED) is 0.895. The zero-order valence-electron chi connectivity index (χ0n) is 9.08. The van der Waals surface area contributed by atoms with Gasteiger partial charge in [-0.2, -0.15) is 13.2 Å². The zero-order chi connectivity index (χ0) is 12.9. The van der Waals surface area contributed by atoms with E-state index in [4.69, 9.17) is 0 Å². The molecule has 17 heavy (non-hydrogen) atoms. The molecule has 0 aromatic carbocycles. The van der Waals surface area contributed by atoms with Crippen LogP contribution in [0.3, 0.4) is 0 Å². The van der Waals surface area contributed by atoms with Crippen LogP contribution in [0.4, 0.5) is 13.2 Å². The van der Waals surface area contributed by atoms with Crippen LogP contribution in [0.1, 0.15) is 24.3 Å². The lowest BCUT2D eigenvalue weighted by Gasteiger charge is -2.12. The van der Waals surface area contributed by atoms with Crippen LogP contribution in [-0.2, 0) is 4.79 Å². The van der Waals surface area contributed by atoms with Crippen LogP contribution >= 0.6 is 23.1 Å². The minimum atomic E-state index is -4.26. The standard InChI is InChI=1S/C10H12F3NOS2/c1-7(8-3-2-5-16-8)14-9(15)4-6-17-10(11,12)13/h2-3,5,7H,4,6H2,1H3,(H,14,15). The highest BCUT2D eigenvalue weighted by Gasteiger charge is 2.28. The van der Waals surface area contributed by atoms with E-state index in [2.05, 4.69) is 5.32 Å². The summed E-state index contributed by atoms with van der Waals surface area (Å²) in [4.78, 5) is 12.3. The predicted molar refractivity (Wildman–Crippen MR) is 64.0 cm³/mol. The summed E-state index contributed by atoms with van der Waals surface area (Å²) in [6, 6.07) is 3.58. The fourth-order valence-electron chi connectivity index (χ4n) is 1.18. The van der Waals surface area contributed by atoms with Gasteiger partial charge in [0.2, 0.25) is 5.91 Å².